The van der Waals surface area contributed by atoms with Crippen molar-refractivity contribution in [2.75, 3.05) is 0 Å². The minimum atomic E-state index is -3.40. The molecule has 0 atom stereocenters. The molecule has 0 saturated carbocycles. The molecule has 0 amide bonds. The Morgan fingerprint density at radius 3 is 2.43 bits per heavy atom. The highest BCUT2D eigenvalue weighted by Crippen LogP contribution is 2.41. The number of sulfone groups is 1. The predicted molar refractivity (Wildman–Crippen MR) is 147 cm³/mol. The maximum absolute atomic E-state index is 12.9. The number of hydrogen-bond donors (Lipinski definition) is 1. The number of fused-ring (bicyclic) bond motifs is 3. The van der Waals surface area contributed by atoms with Gasteiger partial charge in [-0.3, -0.25) is 0 Å². The number of aromatic nitrogens is 2. The number of nitrogens with zero attached hydrogens (tertiary/aromatic N) is 1. The lowest BCUT2D eigenvalue weighted by atomic mass is 9.92. The fourth-order valence-electron chi connectivity index (χ4n) is 4.48. The normalized spacial score (nSPS) is 11.9. The van der Waals surface area contributed by atoms with Crippen LogP contribution in [0.5, 0.6) is 0 Å². The molecule has 0 aliphatic heterocycles. The zero-order chi connectivity index (χ0) is 24.0. The van der Waals surface area contributed by atoms with Crippen molar-refractivity contribution in [3.05, 3.63) is 107 Å². The number of aromatic amines is 1. The number of benzene rings is 3. The summed E-state index contributed by atoms with van der Waals surface area (Å²) in [6.45, 7) is 0. The van der Waals surface area contributed by atoms with Crippen LogP contribution in [0.4, 0.5) is 0 Å². The second kappa shape index (κ2) is 8.75. The first-order valence-electron chi connectivity index (χ1n) is 11.0. The van der Waals surface area contributed by atoms with Crippen LogP contribution in [-0.2, 0) is 15.6 Å². The molecule has 7 heteroatoms. The van der Waals surface area contributed by atoms with E-state index in [0.29, 0.717) is 4.21 Å². The molecule has 6 aromatic rings. The summed E-state index contributed by atoms with van der Waals surface area (Å²) in [5, 5.41) is 3.74. The molecule has 4 nitrogen and oxygen atoms in total. The lowest BCUT2D eigenvalue weighted by Crippen LogP contribution is -2.02. The Morgan fingerprint density at radius 2 is 1.69 bits per heavy atom. The summed E-state index contributed by atoms with van der Waals surface area (Å²) in [7, 11) is -3.40. The summed E-state index contributed by atoms with van der Waals surface area (Å²) >= 11 is 4.77. The topological polar surface area (TPSA) is 62.8 Å². The van der Waals surface area contributed by atoms with Gasteiger partial charge in [-0.25, -0.2) is 13.4 Å². The summed E-state index contributed by atoms with van der Waals surface area (Å²) in [6.07, 6.45) is 1.91. The smallest absolute Gasteiger partial charge is 0.191 e. The van der Waals surface area contributed by atoms with Gasteiger partial charge in [0.1, 0.15) is 9.86 Å². The lowest BCUT2D eigenvalue weighted by Gasteiger charge is -2.12. The molecular weight excluding hydrogens is 540 g/mol. The van der Waals surface area contributed by atoms with Crippen LogP contribution in [0.15, 0.2) is 105 Å². The van der Waals surface area contributed by atoms with E-state index in [9.17, 15) is 8.42 Å². The average Bonchev–Trinajstić information content (AvgIpc) is 3.53. The highest BCUT2D eigenvalue weighted by molar-refractivity contribution is 9.10. The molecule has 0 fully saturated rings. The predicted octanol–water partition coefficient (Wildman–Crippen LogP) is 7.85. The van der Waals surface area contributed by atoms with Gasteiger partial charge in [-0.1, -0.05) is 70.5 Å². The van der Waals surface area contributed by atoms with E-state index < -0.39 is 9.84 Å². The van der Waals surface area contributed by atoms with Crippen molar-refractivity contribution in [3.8, 4) is 22.3 Å². The van der Waals surface area contributed by atoms with Crippen molar-refractivity contribution in [2.24, 2.45) is 0 Å². The van der Waals surface area contributed by atoms with Gasteiger partial charge >= 0.3 is 0 Å². The van der Waals surface area contributed by atoms with E-state index >= 15 is 0 Å². The number of rotatable bonds is 5. The summed E-state index contributed by atoms with van der Waals surface area (Å²) < 4.78 is 27.3. The molecule has 0 bridgehead atoms. The molecule has 0 aliphatic rings. The van der Waals surface area contributed by atoms with Gasteiger partial charge in [0.25, 0.3) is 0 Å². The first-order valence-corrected chi connectivity index (χ1v) is 14.3. The third-order valence-electron chi connectivity index (χ3n) is 6.06. The summed E-state index contributed by atoms with van der Waals surface area (Å²) in [4.78, 5) is 8.19. The molecule has 3 aromatic carbocycles. The Morgan fingerprint density at radius 1 is 0.886 bits per heavy atom. The SMILES string of the molecule is O=S(=O)(Cc1ccc2[nH]c3ncc(-c4ccc(Br)cc4)c(-c4ccccc4)c3c2c1)c1cccs1. The van der Waals surface area contributed by atoms with E-state index in [0.717, 1.165) is 54.2 Å². The van der Waals surface area contributed by atoms with Gasteiger partial charge in [-0.15, -0.1) is 11.3 Å². The highest BCUT2D eigenvalue weighted by atomic mass is 79.9. The third kappa shape index (κ3) is 4.10. The Labute approximate surface area is 215 Å². The van der Waals surface area contributed by atoms with Crippen molar-refractivity contribution in [3.63, 3.8) is 0 Å². The molecule has 0 aliphatic carbocycles. The Balaban J connectivity index is 1.60. The first kappa shape index (κ1) is 22.2. The van der Waals surface area contributed by atoms with Crippen molar-refractivity contribution in [1.82, 2.24) is 9.97 Å². The Bertz CT molecular complexity index is 1770. The molecule has 6 rings (SSSR count). The Kier molecular flexibility index (Phi) is 5.56. The molecule has 0 unspecified atom stereocenters. The fourth-order valence-corrected chi connectivity index (χ4v) is 7.17. The molecule has 3 heterocycles. The second-order valence-corrected chi connectivity index (χ2v) is 12.4. The van der Waals surface area contributed by atoms with Gasteiger partial charge in [0.15, 0.2) is 9.84 Å². The first-order chi connectivity index (χ1) is 17.0. The van der Waals surface area contributed by atoms with Crippen LogP contribution in [0.25, 0.3) is 44.2 Å². The molecule has 172 valence electrons. The van der Waals surface area contributed by atoms with Crippen LogP contribution in [0.3, 0.4) is 0 Å². The Hall–Kier alpha value is -3.26. The maximum Gasteiger partial charge on any atom is 0.191 e. The average molecular weight is 560 g/mol. The molecule has 35 heavy (non-hydrogen) atoms. The lowest BCUT2D eigenvalue weighted by molar-refractivity contribution is 0.597. The molecule has 1 N–H and O–H groups in total. The van der Waals surface area contributed by atoms with Gasteiger partial charge in [-0.05, 0) is 52.4 Å². The van der Waals surface area contributed by atoms with Gasteiger partial charge in [-0.2, -0.15) is 0 Å². The van der Waals surface area contributed by atoms with E-state index in [2.05, 4.69) is 45.2 Å². The number of halogens is 1. The van der Waals surface area contributed by atoms with Crippen molar-refractivity contribution >= 4 is 59.0 Å². The van der Waals surface area contributed by atoms with Gasteiger partial charge in [0, 0.05) is 38.1 Å². The van der Waals surface area contributed by atoms with Gasteiger partial charge < -0.3 is 4.98 Å². The van der Waals surface area contributed by atoms with Crippen LogP contribution < -0.4 is 0 Å². The minimum Gasteiger partial charge on any atom is -0.339 e. The van der Waals surface area contributed by atoms with Crippen LogP contribution in [0.2, 0.25) is 0 Å². The summed E-state index contributed by atoms with van der Waals surface area (Å²) in [5.41, 5.74) is 6.69. The molecule has 3 aromatic heterocycles. The second-order valence-electron chi connectivity index (χ2n) is 8.34. The van der Waals surface area contributed by atoms with Gasteiger partial charge in [0.05, 0.1) is 5.75 Å². The molecule has 0 radical (unpaired) electrons. The van der Waals surface area contributed by atoms with E-state index in [1.165, 1.54) is 11.3 Å². The van der Waals surface area contributed by atoms with Crippen molar-refractivity contribution in [1.29, 1.82) is 0 Å². The van der Waals surface area contributed by atoms with Crippen molar-refractivity contribution < 1.29 is 8.42 Å². The number of H-pyrrole nitrogens is 1. The van der Waals surface area contributed by atoms with E-state index in [1.807, 2.05) is 54.7 Å². The largest absolute Gasteiger partial charge is 0.339 e. The van der Waals surface area contributed by atoms with E-state index in [4.69, 9.17) is 4.98 Å². The summed E-state index contributed by atoms with van der Waals surface area (Å²) in [5.74, 6) is -0.0450. The van der Waals surface area contributed by atoms with E-state index in [1.54, 1.807) is 17.5 Å². The molecular formula is C28H19BrN2O2S2. The van der Waals surface area contributed by atoms with Crippen LogP contribution in [0.1, 0.15) is 5.56 Å². The zero-order valence-electron chi connectivity index (χ0n) is 18.4. The quantitative estimate of drug-likeness (QED) is 0.234. The van der Waals surface area contributed by atoms with Crippen LogP contribution in [-0.4, -0.2) is 18.4 Å². The standard InChI is InChI=1S/C28H19BrN2O2S2/c29-21-11-9-19(10-12-21)23-16-30-28-27(26(23)20-5-2-1-3-6-20)22-15-18(8-13-24(22)31-28)17-35(32,33)25-7-4-14-34-25/h1-16H,17H2,(H,30,31). The fraction of sp³-hybridized carbons (Fsp3) is 0.0357. The number of thiophene rings is 1. The number of pyridine rings is 1. The minimum absolute atomic E-state index is 0.0450. The maximum atomic E-state index is 12.9. The molecule has 0 saturated heterocycles. The number of hydrogen-bond acceptors (Lipinski definition) is 4. The van der Waals surface area contributed by atoms with E-state index in [-0.39, 0.29) is 5.75 Å². The van der Waals surface area contributed by atoms with Gasteiger partial charge in [0.2, 0.25) is 0 Å². The summed E-state index contributed by atoms with van der Waals surface area (Å²) in [6, 6.07) is 27.7. The molecule has 0 spiro atoms. The third-order valence-corrected chi connectivity index (χ3v) is 9.76. The zero-order valence-corrected chi connectivity index (χ0v) is 21.6. The monoisotopic (exact) mass is 558 g/mol. The number of nitrogens with one attached hydrogen (secondary N) is 1. The van der Waals surface area contributed by atoms with Crippen molar-refractivity contribution in [2.45, 2.75) is 9.96 Å². The van der Waals surface area contributed by atoms with Crippen LogP contribution >= 0.6 is 27.3 Å². The highest BCUT2D eigenvalue weighted by Gasteiger charge is 2.20. The van der Waals surface area contributed by atoms with Crippen LogP contribution in [0, 0.1) is 0 Å².